The van der Waals surface area contributed by atoms with Gasteiger partial charge in [-0.25, -0.2) is 9.59 Å². The zero-order valence-corrected chi connectivity index (χ0v) is 25.0. The van der Waals surface area contributed by atoms with Crippen LogP contribution in [0.2, 0.25) is 0 Å². The Labute approximate surface area is 250 Å². The Balaban J connectivity index is 1.57. The molecule has 0 saturated carbocycles. The Morgan fingerprint density at radius 1 is 1.17 bits per heavy atom. The summed E-state index contributed by atoms with van der Waals surface area (Å²) in [4.78, 5) is 80.9. The maximum absolute atomic E-state index is 13.5. The molecule has 2 aliphatic rings. The third kappa shape index (κ3) is 6.93. The predicted octanol–water partition coefficient (Wildman–Crippen LogP) is 1.52. The summed E-state index contributed by atoms with van der Waals surface area (Å²) in [6, 6.07) is 5.13. The number of fused-ring (bicyclic) bond motifs is 1. The molecule has 3 atom stereocenters. The largest absolute Gasteiger partial charge is 0.477 e. The summed E-state index contributed by atoms with van der Waals surface area (Å²) in [7, 11) is 3.14. The molecule has 14 heteroatoms. The average Bonchev–Trinajstić information content (AvgIpc) is 3.60. The lowest BCUT2D eigenvalue weighted by Crippen LogP contribution is -2.58. The fourth-order valence-electron chi connectivity index (χ4n) is 4.85. The minimum Gasteiger partial charge on any atom is -0.477 e. The highest BCUT2D eigenvalue weighted by atomic mass is 32.2. The Morgan fingerprint density at radius 3 is 2.62 bits per heavy atom. The van der Waals surface area contributed by atoms with E-state index in [1.807, 2.05) is 0 Å². The van der Waals surface area contributed by atoms with Crippen LogP contribution in [0.15, 0.2) is 30.3 Å². The van der Waals surface area contributed by atoms with Crippen molar-refractivity contribution in [2.75, 3.05) is 33.0 Å². The first-order valence-corrected chi connectivity index (χ1v) is 15.2. The second kappa shape index (κ2) is 13.4. The van der Waals surface area contributed by atoms with Gasteiger partial charge < -0.3 is 30.3 Å². The van der Waals surface area contributed by atoms with Crippen molar-refractivity contribution in [3.05, 3.63) is 56.8 Å². The standard InChI is InChI=1S/C28H32N4O8S2/c1-15-11-18(22(42-15)27(37)38)25(35)32-10-6-9-21(32)24(34)29-19-12-40-28(39)17-8-5-4-7-16(17)13-41-14-20(30-23(19)33)26(36)31(2)3/h4-5,7-8,11,19-21H,6,9-10,12-14H2,1-3H3,(H,29,34)(H,30,33)(H,37,38)/t19-,20-,21+/m1/s1. The first-order chi connectivity index (χ1) is 20.0. The van der Waals surface area contributed by atoms with Crippen molar-refractivity contribution in [3.8, 4) is 0 Å². The highest BCUT2D eigenvalue weighted by molar-refractivity contribution is 7.98. The summed E-state index contributed by atoms with van der Waals surface area (Å²) in [5.74, 6) is -3.55. The summed E-state index contributed by atoms with van der Waals surface area (Å²) < 4.78 is 5.46. The number of aryl methyl sites for hydroxylation is 1. The van der Waals surface area contributed by atoms with E-state index in [0.717, 1.165) is 11.3 Å². The molecule has 0 spiro atoms. The quantitative estimate of drug-likeness (QED) is 0.423. The van der Waals surface area contributed by atoms with Gasteiger partial charge in [-0.05, 0) is 37.5 Å². The highest BCUT2D eigenvalue weighted by Crippen LogP contribution is 2.27. The van der Waals surface area contributed by atoms with Gasteiger partial charge in [0, 0.05) is 37.0 Å². The molecule has 42 heavy (non-hydrogen) atoms. The molecule has 1 aromatic carbocycles. The smallest absolute Gasteiger partial charge is 0.346 e. The number of likely N-dealkylation sites (N-methyl/N-ethyl adjacent to an activating group) is 1. The van der Waals surface area contributed by atoms with Crippen LogP contribution in [-0.4, -0.2) is 102 Å². The summed E-state index contributed by atoms with van der Waals surface area (Å²) in [5.41, 5.74) is 1.03. The topological polar surface area (TPSA) is 162 Å². The molecule has 4 amide bonds. The van der Waals surface area contributed by atoms with Crippen molar-refractivity contribution in [1.29, 1.82) is 0 Å². The van der Waals surface area contributed by atoms with Gasteiger partial charge in [-0.2, -0.15) is 11.8 Å². The molecule has 0 bridgehead atoms. The minimum absolute atomic E-state index is 0.00332. The van der Waals surface area contributed by atoms with Gasteiger partial charge in [0.2, 0.25) is 17.7 Å². The summed E-state index contributed by atoms with van der Waals surface area (Å²) in [5, 5.41) is 14.8. The molecule has 3 heterocycles. The number of thioether (sulfide) groups is 1. The number of amides is 4. The molecule has 4 rings (SSSR count). The molecular formula is C28H32N4O8S2. The Bertz CT molecular complexity index is 1410. The SMILES string of the molecule is Cc1cc(C(=O)N2CCC[C@H]2C(=O)N[C@@H]2COC(=O)c3ccccc3CSC[C@H](C(=O)N(C)C)NC2=O)c(C(=O)O)s1. The molecule has 1 fully saturated rings. The van der Waals surface area contributed by atoms with E-state index in [1.165, 1.54) is 27.6 Å². The summed E-state index contributed by atoms with van der Waals surface area (Å²) in [6.07, 6.45) is 0.789. The number of ether oxygens (including phenoxy) is 1. The van der Waals surface area contributed by atoms with Gasteiger partial charge in [0.05, 0.1) is 11.1 Å². The van der Waals surface area contributed by atoms with Crippen LogP contribution in [0.3, 0.4) is 0 Å². The monoisotopic (exact) mass is 616 g/mol. The molecule has 1 saturated heterocycles. The number of benzene rings is 1. The van der Waals surface area contributed by atoms with Crippen molar-refractivity contribution >= 4 is 58.7 Å². The number of carboxylic acid groups (broad SMARTS) is 1. The zero-order valence-electron chi connectivity index (χ0n) is 23.4. The lowest BCUT2D eigenvalue weighted by molar-refractivity contribution is -0.136. The lowest BCUT2D eigenvalue weighted by Gasteiger charge is -2.28. The average molecular weight is 617 g/mol. The molecule has 12 nitrogen and oxygen atoms in total. The van der Waals surface area contributed by atoms with E-state index in [1.54, 1.807) is 45.3 Å². The Morgan fingerprint density at radius 2 is 1.90 bits per heavy atom. The summed E-state index contributed by atoms with van der Waals surface area (Å²) >= 11 is 2.34. The number of esters is 1. The molecule has 0 radical (unpaired) electrons. The Kier molecular flexibility index (Phi) is 9.89. The van der Waals surface area contributed by atoms with Crippen LogP contribution in [0, 0.1) is 6.92 Å². The van der Waals surface area contributed by atoms with E-state index < -0.39 is 54.4 Å². The normalized spacial score (nSPS) is 21.2. The Hall–Kier alpha value is -3.91. The fraction of sp³-hybridized carbons (Fsp3) is 0.429. The van der Waals surface area contributed by atoms with Crippen LogP contribution >= 0.6 is 23.1 Å². The number of nitrogens with zero attached hydrogens (tertiary/aromatic N) is 2. The third-order valence-corrected chi connectivity index (χ3v) is 9.07. The number of nitrogens with one attached hydrogen (secondary N) is 2. The number of cyclic esters (lactones) is 1. The molecule has 2 aromatic rings. The second-order valence-electron chi connectivity index (χ2n) is 10.2. The van der Waals surface area contributed by atoms with Crippen LogP contribution in [0.25, 0.3) is 0 Å². The maximum atomic E-state index is 13.5. The van der Waals surface area contributed by atoms with Crippen LogP contribution in [0.1, 0.15) is 53.7 Å². The number of carboxylic acids is 1. The molecule has 3 N–H and O–H groups in total. The number of rotatable bonds is 5. The number of aromatic carboxylic acids is 1. The van der Waals surface area contributed by atoms with E-state index >= 15 is 0 Å². The van der Waals surface area contributed by atoms with E-state index in [0.29, 0.717) is 34.6 Å². The van der Waals surface area contributed by atoms with Gasteiger partial charge in [-0.1, -0.05) is 18.2 Å². The van der Waals surface area contributed by atoms with Crippen LogP contribution in [0.5, 0.6) is 0 Å². The van der Waals surface area contributed by atoms with Crippen LogP contribution in [-0.2, 0) is 24.9 Å². The number of hydrogen-bond donors (Lipinski definition) is 3. The third-order valence-electron chi connectivity index (χ3n) is 6.95. The number of thiophene rings is 1. The van der Waals surface area contributed by atoms with E-state index in [4.69, 9.17) is 4.74 Å². The summed E-state index contributed by atoms with van der Waals surface area (Å²) in [6.45, 7) is 1.41. The first-order valence-electron chi connectivity index (χ1n) is 13.3. The predicted molar refractivity (Wildman–Crippen MR) is 156 cm³/mol. The lowest BCUT2D eigenvalue weighted by atomic mass is 10.1. The molecule has 224 valence electrons. The van der Waals surface area contributed by atoms with Crippen LogP contribution in [0.4, 0.5) is 0 Å². The van der Waals surface area contributed by atoms with Crippen molar-refractivity contribution in [3.63, 3.8) is 0 Å². The number of likely N-dealkylation sites (tertiary alicyclic amines) is 1. The van der Waals surface area contributed by atoms with Gasteiger partial charge in [-0.3, -0.25) is 19.2 Å². The van der Waals surface area contributed by atoms with Gasteiger partial charge in [-0.15, -0.1) is 11.3 Å². The van der Waals surface area contributed by atoms with E-state index in [-0.39, 0.29) is 28.6 Å². The van der Waals surface area contributed by atoms with Crippen molar-refractivity contribution in [1.82, 2.24) is 20.4 Å². The number of carbonyl (C=O) groups excluding carboxylic acids is 5. The fourth-order valence-corrected chi connectivity index (χ4v) is 6.74. The van der Waals surface area contributed by atoms with Crippen molar-refractivity contribution in [2.24, 2.45) is 0 Å². The van der Waals surface area contributed by atoms with E-state index in [9.17, 15) is 33.9 Å². The molecule has 2 aliphatic heterocycles. The maximum Gasteiger partial charge on any atom is 0.346 e. The minimum atomic E-state index is -1.36. The van der Waals surface area contributed by atoms with Gasteiger partial charge >= 0.3 is 11.9 Å². The highest BCUT2D eigenvalue weighted by Gasteiger charge is 2.39. The number of hydrogen-bond acceptors (Lipinski definition) is 9. The molecule has 0 aliphatic carbocycles. The first kappa shape index (κ1) is 31.0. The van der Waals surface area contributed by atoms with E-state index in [2.05, 4.69) is 10.6 Å². The van der Waals surface area contributed by atoms with Gasteiger partial charge in [0.1, 0.15) is 29.6 Å². The number of carbonyl (C=O) groups is 6. The molecule has 1 aromatic heterocycles. The molecular weight excluding hydrogens is 584 g/mol. The zero-order chi connectivity index (χ0) is 30.6. The van der Waals surface area contributed by atoms with Crippen LogP contribution < -0.4 is 10.6 Å². The van der Waals surface area contributed by atoms with Gasteiger partial charge in [0.15, 0.2) is 0 Å². The second-order valence-corrected chi connectivity index (χ2v) is 12.5. The molecule has 0 unspecified atom stereocenters. The van der Waals surface area contributed by atoms with Crippen molar-refractivity contribution < 1.29 is 38.6 Å². The van der Waals surface area contributed by atoms with Crippen molar-refractivity contribution in [2.45, 2.75) is 43.6 Å². The van der Waals surface area contributed by atoms with Gasteiger partial charge in [0.25, 0.3) is 5.91 Å².